The Morgan fingerprint density at radius 1 is 1.25 bits per heavy atom. The van der Waals surface area contributed by atoms with Gasteiger partial charge in [0.15, 0.2) is 0 Å². The number of hydrogen-bond acceptors (Lipinski definition) is 3. The largest absolute Gasteiger partial charge is 0.443 e. The number of ether oxygens (including phenoxy) is 2. The van der Waals surface area contributed by atoms with Crippen LogP contribution in [0.2, 0.25) is 0 Å². The summed E-state index contributed by atoms with van der Waals surface area (Å²) >= 11 is 0. The Kier molecular flexibility index (Phi) is 3.65. The predicted molar refractivity (Wildman–Crippen MR) is 70.2 cm³/mol. The summed E-state index contributed by atoms with van der Waals surface area (Å²) in [6.07, 6.45) is 1.01. The average Bonchev–Trinajstić information content (AvgIpc) is 2.68. The van der Waals surface area contributed by atoms with Gasteiger partial charge in [-0.1, -0.05) is 0 Å². The van der Waals surface area contributed by atoms with Crippen LogP contribution in [0.25, 0.3) is 10.9 Å². The molecule has 20 heavy (non-hydrogen) atoms. The van der Waals surface area contributed by atoms with E-state index >= 15 is 0 Å². The van der Waals surface area contributed by atoms with Gasteiger partial charge < -0.3 is 9.47 Å². The smallest absolute Gasteiger partial charge is 0.418 e. The van der Waals surface area contributed by atoms with Crippen molar-refractivity contribution in [3.63, 3.8) is 0 Å². The molecule has 0 radical (unpaired) electrons. The topological polar surface area (TPSA) is 40.5 Å². The third kappa shape index (κ3) is 3.26. The number of rotatable bonds is 2. The van der Waals surface area contributed by atoms with Crippen LogP contribution in [0.5, 0.6) is 5.75 Å². The molecule has 1 aromatic carbocycles. The van der Waals surface area contributed by atoms with Crippen LogP contribution in [-0.2, 0) is 4.74 Å². The van der Waals surface area contributed by atoms with Crippen LogP contribution < -0.4 is 4.74 Å². The van der Waals surface area contributed by atoms with E-state index in [1.165, 1.54) is 29.0 Å². The van der Waals surface area contributed by atoms with Gasteiger partial charge in [0.2, 0.25) is 0 Å². The SMILES string of the molecule is CC(C)(C)OC(=O)n1ccc2cc(OC(F)F)ccc21. The molecular formula is C14H15F2NO3. The fraction of sp³-hybridized carbons (Fsp3) is 0.357. The van der Waals surface area contributed by atoms with Crippen molar-refractivity contribution in [2.45, 2.75) is 33.0 Å². The van der Waals surface area contributed by atoms with Crippen LogP contribution in [0.1, 0.15) is 20.8 Å². The number of alkyl halides is 2. The number of carbonyl (C=O) groups excluding carboxylic acids is 1. The minimum atomic E-state index is -2.87. The highest BCUT2D eigenvalue weighted by Gasteiger charge is 2.19. The zero-order valence-electron chi connectivity index (χ0n) is 11.4. The molecule has 0 saturated heterocycles. The molecule has 0 unspecified atom stereocenters. The monoisotopic (exact) mass is 283 g/mol. The molecule has 1 heterocycles. The van der Waals surface area contributed by atoms with E-state index in [0.717, 1.165) is 0 Å². The highest BCUT2D eigenvalue weighted by molar-refractivity contribution is 5.90. The molecule has 0 fully saturated rings. The van der Waals surface area contributed by atoms with Crippen molar-refractivity contribution in [3.8, 4) is 5.75 Å². The summed E-state index contributed by atoms with van der Waals surface area (Å²) in [5, 5.41) is 0.619. The lowest BCUT2D eigenvalue weighted by Gasteiger charge is -2.19. The summed E-state index contributed by atoms with van der Waals surface area (Å²) in [5.41, 5.74) is -0.0345. The number of fused-ring (bicyclic) bond motifs is 1. The second-order valence-electron chi connectivity index (χ2n) is 5.27. The van der Waals surface area contributed by atoms with Gasteiger partial charge in [0, 0.05) is 11.6 Å². The molecule has 0 aliphatic carbocycles. The van der Waals surface area contributed by atoms with E-state index in [9.17, 15) is 13.6 Å². The van der Waals surface area contributed by atoms with E-state index in [4.69, 9.17) is 4.74 Å². The Labute approximate surface area is 114 Å². The third-order valence-corrected chi connectivity index (χ3v) is 2.48. The Morgan fingerprint density at radius 2 is 1.95 bits per heavy atom. The van der Waals surface area contributed by atoms with Gasteiger partial charge in [0.25, 0.3) is 0 Å². The van der Waals surface area contributed by atoms with E-state index in [1.807, 2.05) is 0 Å². The number of carbonyl (C=O) groups is 1. The highest BCUT2D eigenvalue weighted by atomic mass is 19.3. The second-order valence-corrected chi connectivity index (χ2v) is 5.27. The zero-order chi connectivity index (χ0) is 14.9. The predicted octanol–water partition coefficient (Wildman–Crippen LogP) is 4.03. The molecule has 0 atom stereocenters. The van der Waals surface area contributed by atoms with Gasteiger partial charge in [-0.3, -0.25) is 4.57 Å². The Hall–Kier alpha value is -2.11. The van der Waals surface area contributed by atoms with E-state index in [-0.39, 0.29) is 5.75 Å². The van der Waals surface area contributed by atoms with Crippen molar-refractivity contribution >= 4 is 17.0 Å². The van der Waals surface area contributed by atoms with Crippen LogP contribution in [0.4, 0.5) is 13.6 Å². The van der Waals surface area contributed by atoms with Gasteiger partial charge >= 0.3 is 12.7 Å². The van der Waals surface area contributed by atoms with Crippen molar-refractivity contribution in [2.24, 2.45) is 0 Å². The second kappa shape index (κ2) is 5.11. The minimum absolute atomic E-state index is 0.0504. The lowest BCUT2D eigenvalue weighted by Crippen LogP contribution is -2.26. The number of hydrogen-bond donors (Lipinski definition) is 0. The van der Waals surface area contributed by atoms with Crippen molar-refractivity contribution in [3.05, 3.63) is 30.5 Å². The molecule has 0 aliphatic rings. The number of aromatic nitrogens is 1. The van der Waals surface area contributed by atoms with Gasteiger partial charge in [-0.05, 0) is 45.0 Å². The molecule has 1 aromatic heterocycles. The maximum Gasteiger partial charge on any atom is 0.418 e. The number of halogens is 2. The van der Waals surface area contributed by atoms with Crippen molar-refractivity contribution in [1.82, 2.24) is 4.57 Å². The van der Waals surface area contributed by atoms with Crippen LogP contribution in [0.3, 0.4) is 0 Å². The molecule has 2 aromatic rings. The van der Waals surface area contributed by atoms with Crippen molar-refractivity contribution in [2.75, 3.05) is 0 Å². The first-order chi connectivity index (χ1) is 9.26. The minimum Gasteiger partial charge on any atom is -0.443 e. The average molecular weight is 283 g/mol. The van der Waals surface area contributed by atoms with E-state index in [0.29, 0.717) is 10.9 Å². The van der Waals surface area contributed by atoms with Gasteiger partial charge in [-0.2, -0.15) is 8.78 Å². The van der Waals surface area contributed by atoms with Crippen LogP contribution in [0.15, 0.2) is 30.5 Å². The molecule has 0 saturated carbocycles. The maximum absolute atomic E-state index is 12.1. The van der Waals surface area contributed by atoms with E-state index in [1.54, 1.807) is 26.8 Å². The first kappa shape index (κ1) is 14.3. The molecule has 0 amide bonds. The summed E-state index contributed by atoms with van der Waals surface area (Å²) in [5.74, 6) is 0.0504. The quantitative estimate of drug-likeness (QED) is 0.835. The summed E-state index contributed by atoms with van der Waals surface area (Å²) in [6, 6.07) is 6.01. The van der Waals surface area contributed by atoms with Crippen LogP contribution in [-0.4, -0.2) is 22.9 Å². The molecule has 108 valence electrons. The van der Waals surface area contributed by atoms with Gasteiger partial charge in [0.05, 0.1) is 5.52 Å². The van der Waals surface area contributed by atoms with Crippen molar-refractivity contribution < 1.29 is 23.0 Å². The molecule has 0 aliphatic heterocycles. The highest BCUT2D eigenvalue weighted by Crippen LogP contribution is 2.24. The lowest BCUT2D eigenvalue weighted by molar-refractivity contribution is -0.0497. The van der Waals surface area contributed by atoms with Crippen molar-refractivity contribution in [1.29, 1.82) is 0 Å². The molecule has 0 N–H and O–H groups in total. The maximum atomic E-state index is 12.1. The summed E-state index contributed by atoms with van der Waals surface area (Å²) < 4.78 is 35.2. The van der Waals surface area contributed by atoms with Crippen LogP contribution in [0, 0.1) is 0 Å². The normalized spacial score (nSPS) is 11.9. The molecule has 0 spiro atoms. The first-order valence-corrected chi connectivity index (χ1v) is 6.05. The van der Waals surface area contributed by atoms with Crippen LogP contribution >= 0.6 is 0 Å². The molecule has 0 bridgehead atoms. The fourth-order valence-corrected chi connectivity index (χ4v) is 1.77. The Morgan fingerprint density at radius 3 is 2.55 bits per heavy atom. The van der Waals surface area contributed by atoms with Gasteiger partial charge in [0.1, 0.15) is 11.4 Å². The first-order valence-electron chi connectivity index (χ1n) is 6.05. The zero-order valence-corrected chi connectivity index (χ0v) is 11.4. The van der Waals surface area contributed by atoms with Gasteiger partial charge in [-0.25, -0.2) is 4.79 Å². The standard InChI is InChI=1S/C14H15F2NO3/c1-14(2,3)20-13(18)17-7-6-9-8-10(19-12(15)16)4-5-11(9)17/h4-8,12H,1-3H3. The number of benzene rings is 1. The molecule has 6 heteroatoms. The molecular weight excluding hydrogens is 268 g/mol. The van der Waals surface area contributed by atoms with E-state index < -0.39 is 18.3 Å². The summed E-state index contributed by atoms with van der Waals surface area (Å²) in [4.78, 5) is 12.0. The summed E-state index contributed by atoms with van der Waals surface area (Å²) in [7, 11) is 0. The Balaban J connectivity index is 2.31. The number of nitrogens with zero attached hydrogens (tertiary/aromatic N) is 1. The Bertz CT molecular complexity index is 629. The van der Waals surface area contributed by atoms with E-state index in [2.05, 4.69) is 4.74 Å². The third-order valence-electron chi connectivity index (χ3n) is 2.48. The fourth-order valence-electron chi connectivity index (χ4n) is 1.77. The molecule has 2 rings (SSSR count). The lowest BCUT2D eigenvalue weighted by atomic mass is 10.2. The molecule has 4 nitrogen and oxygen atoms in total. The van der Waals surface area contributed by atoms with Gasteiger partial charge in [-0.15, -0.1) is 0 Å². The summed E-state index contributed by atoms with van der Waals surface area (Å²) in [6.45, 7) is 2.43.